The standard InChI is InChI=1S/C15H11Br2NO2S/c16-10-14-15(17)12-8-4-5-9-13(12)18(14)21(19,20)11-6-2-1-3-7-11/h1-9H,10H2. The molecule has 0 fully saturated rings. The first-order chi connectivity index (χ1) is 10.1. The van der Waals surface area contributed by atoms with Crippen molar-refractivity contribution < 1.29 is 8.42 Å². The number of halogens is 2. The largest absolute Gasteiger partial charge is 0.268 e. The lowest BCUT2D eigenvalue weighted by atomic mass is 10.2. The van der Waals surface area contributed by atoms with Crippen LogP contribution < -0.4 is 0 Å². The summed E-state index contributed by atoms with van der Waals surface area (Å²) < 4.78 is 28.1. The molecule has 0 aliphatic carbocycles. The minimum atomic E-state index is -3.63. The lowest BCUT2D eigenvalue weighted by Crippen LogP contribution is -2.15. The maximum Gasteiger partial charge on any atom is 0.268 e. The number of benzene rings is 2. The van der Waals surface area contributed by atoms with E-state index in [-0.39, 0.29) is 4.90 Å². The Hall–Kier alpha value is -1.11. The molecule has 3 nitrogen and oxygen atoms in total. The van der Waals surface area contributed by atoms with Gasteiger partial charge in [0.15, 0.2) is 0 Å². The SMILES string of the molecule is O=S(=O)(c1ccccc1)n1c(CBr)c(Br)c2ccccc21. The molecule has 0 amide bonds. The molecule has 1 aromatic heterocycles. The second-order valence-corrected chi connectivity index (χ2v) is 7.63. The number of hydrogen-bond acceptors (Lipinski definition) is 2. The predicted molar refractivity (Wildman–Crippen MR) is 91.3 cm³/mol. The van der Waals surface area contributed by atoms with Gasteiger partial charge in [0, 0.05) is 15.2 Å². The molecule has 0 bridgehead atoms. The topological polar surface area (TPSA) is 39.1 Å². The Balaban J connectivity index is 2.40. The average molecular weight is 429 g/mol. The smallest absolute Gasteiger partial charge is 0.236 e. The summed E-state index contributed by atoms with van der Waals surface area (Å²) in [6, 6.07) is 15.9. The highest BCUT2D eigenvalue weighted by atomic mass is 79.9. The molecule has 1 heterocycles. The van der Waals surface area contributed by atoms with E-state index in [0.717, 1.165) is 9.86 Å². The summed E-state index contributed by atoms with van der Waals surface area (Å²) in [7, 11) is -3.63. The fraction of sp³-hybridized carbons (Fsp3) is 0.0667. The third kappa shape index (κ3) is 2.35. The highest BCUT2D eigenvalue weighted by Gasteiger charge is 2.25. The minimum absolute atomic E-state index is 0.278. The Morgan fingerprint density at radius 3 is 2.24 bits per heavy atom. The maximum absolute atomic E-state index is 13.0. The van der Waals surface area contributed by atoms with Crippen LogP contribution in [0.5, 0.6) is 0 Å². The molecule has 0 aliphatic heterocycles. The summed E-state index contributed by atoms with van der Waals surface area (Å²) >= 11 is 6.90. The molecule has 21 heavy (non-hydrogen) atoms. The molecule has 0 spiro atoms. The van der Waals surface area contributed by atoms with Gasteiger partial charge in [-0.25, -0.2) is 12.4 Å². The van der Waals surface area contributed by atoms with Crippen LogP contribution in [0.15, 0.2) is 64.0 Å². The highest BCUT2D eigenvalue weighted by molar-refractivity contribution is 9.11. The first kappa shape index (κ1) is 14.8. The number of alkyl halides is 1. The van der Waals surface area contributed by atoms with Crippen molar-refractivity contribution in [3.8, 4) is 0 Å². The molecular formula is C15H11Br2NO2S. The van der Waals surface area contributed by atoms with Crippen LogP contribution in [-0.4, -0.2) is 12.4 Å². The fourth-order valence-electron chi connectivity index (χ4n) is 2.31. The zero-order valence-corrected chi connectivity index (χ0v) is 14.8. The van der Waals surface area contributed by atoms with Gasteiger partial charge in [0.1, 0.15) is 0 Å². The Morgan fingerprint density at radius 2 is 1.57 bits per heavy atom. The van der Waals surface area contributed by atoms with E-state index in [4.69, 9.17) is 0 Å². The maximum atomic E-state index is 13.0. The highest BCUT2D eigenvalue weighted by Crippen LogP contribution is 2.35. The zero-order chi connectivity index (χ0) is 15.0. The van der Waals surface area contributed by atoms with E-state index in [1.54, 1.807) is 30.3 Å². The van der Waals surface area contributed by atoms with Crippen LogP contribution in [-0.2, 0) is 15.4 Å². The molecule has 3 rings (SSSR count). The summed E-state index contributed by atoms with van der Waals surface area (Å²) in [5, 5.41) is 1.32. The third-order valence-electron chi connectivity index (χ3n) is 3.27. The molecule has 0 N–H and O–H groups in total. The molecule has 0 saturated carbocycles. The number of aromatic nitrogens is 1. The van der Waals surface area contributed by atoms with Crippen LogP contribution in [0.2, 0.25) is 0 Å². The Bertz CT molecular complexity index is 902. The Labute approximate surface area is 139 Å². The average Bonchev–Trinajstić information content (AvgIpc) is 2.81. The first-order valence-corrected chi connectivity index (χ1v) is 9.57. The van der Waals surface area contributed by atoms with Crippen molar-refractivity contribution in [2.75, 3.05) is 0 Å². The summed E-state index contributed by atoms with van der Waals surface area (Å²) in [4.78, 5) is 0.278. The van der Waals surface area contributed by atoms with Crippen LogP contribution >= 0.6 is 31.9 Å². The number of rotatable bonds is 3. The van der Waals surface area contributed by atoms with E-state index in [0.29, 0.717) is 16.5 Å². The van der Waals surface area contributed by atoms with Gasteiger partial charge in [-0.15, -0.1) is 0 Å². The van der Waals surface area contributed by atoms with Crippen molar-refractivity contribution in [1.82, 2.24) is 3.97 Å². The van der Waals surface area contributed by atoms with E-state index >= 15 is 0 Å². The van der Waals surface area contributed by atoms with E-state index < -0.39 is 10.0 Å². The second kappa shape index (κ2) is 5.59. The predicted octanol–water partition coefficient (Wildman–Crippen LogP) is 4.54. The summed E-state index contributed by atoms with van der Waals surface area (Å²) in [5.41, 5.74) is 1.35. The van der Waals surface area contributed by atoms with Crippen molar-refractivity contribution >= 4 is 52.8 Å². The van der Waals surface area contributed by atoms with Crippen LogP contribution in [0, 0.1) is 0 Å². The lowest BCUT2D eigenvalue weighted by Gasteiger charge is -2.10. The zero-order valence-electron chi connectivity index (χ0n) is 10.8. The van der Waals surface area contributed by atoms with Crippen LogP contribution in [0.4, 0.5) is 0 Å². The van der Waals surface area contributed by atoms with Crippen LogP contribution in [0.3, 0.4) is 0 Å². The molecule has 108 valence electrons. The Kier molecular flexibility index (Phi) is 3.94. The summed E-state index contributed by atoms with van der Waals surface area (Å²) in [5.74, 6) is 0. The van der Waals surface area contributed by atoms with E-state index in [1.807, 2.05) is 24.3 Å². The molecule has 0 unspecified atom stereocenters. The minimum Gasteiger partial charge on any atom is -0.236 e. The molecule has 6 heteroatoms. The number of hydrogen-bond donors (Lipinski definition) is 0. The van der Waals surface area contributed by atoms with Crippen molar-refractivity contribution in [3.05, 3.63) is 64.8 Å². The van der Waals surface area contributed by atoms with E-state index in [9.17, 15) is 8.42 Å². The van der Waals surface area contributed by atoms with Crippen LogP contribution in [0.25, 0.3) is 10.9 Å². The van der Waals surface area contributed by atoms with Gasteiger partial charge in [0.05, 0.1) is 16.1 Å². The molecule has 0 atom stereocenters. The van der Waals surface area contributed by atoms with Crippen molar-refractivity contribution in [2.45, 2.75) is 10.2 Å². The van der Waals surface area contributed by atoms with Crippen LogP contribution in [0.1, 0.15) is 5.69 Å². The molecule has 0 aliphatic rings. The van der Waals surface area contributed by atoms with Gasteiger partial charge in [-0.2, -0.15) is 0 Å². The van der Waals surface area contributed by atoms with Gasteiger partial charge in [-0.3, -0.25) is 0 Å². The van der Waals surface area contributed by atoms with Gasteiger partial charge in [-0.1, -0.05) is 52.3 Å². The van der Waals surface area contributed by atoms with Crippen molar-refractivity contribution in [1.29, 1.82) is 0 Å². The third-order valence-corrected chi connectivity index (χ3v) is 6.45. The summed E-state index contributed by atoms with van der Waals surface area (Å²) in [6.45, 7) is 0. The fourth-order valence-corrected chi connectivity index (χ4v) is 5.73. The molecular weight excluding hydrogens is 418 g/mol. The monoisotopic (exact) mass is 427 g/mol. The normalized spacial score (nSPS) is 11.9. The van der Waals surface area contributed by atoms with Gasteiger partial charge in [-0.05, 0) is 34.1 Å². The molecule has 2 aromatic carbocycles. The van der Waals surface area contributed by atoms with E-state index in [2.05, 4.69) is 31.9 Å². The molecule has 0 radical (unpaired) electrons. The first-order valence-electron chi connectivity index (χ1n) is 6.22. The van der Waals surface area contributed by atoms with Crippen molar-refractivity contribution in [2.24, 2.45) is 0 Å². The van der Waals surface area contributed by atoms with Gasteiger partial charge < -0.3 is 0 Å². The molecule has 0 saturated heterocycles. The lowest BCUT2D eigenvalue weighted by molar-refractivity contribution is 0.588. The van der Waals surface area contributed by atoms with Gasteiger partial charge in [0.25, 0.3) is 10.0 Å². The van der Waals surface area contributed by atoms with E-state index in [1.165, 1.54) is 3.97 Å². The van der Waals surface area contributed by atoms with Gasteiger partial charge >= 0.3 is 0 Å². The number of fused-ring (bicyclic) bond motifs is 1. The van der Waals surface area contributed by atoms with Gasteiger partial charge in [0.2, 0.25) is 0 Å². The number of nitrogens with zero attached hydrogens (tertiary/aromatic N) is 1. The quantitative estimate of drug-likeness (QED) is 0.574. The van der Waals surface area contributed by atoms with Crippen molar-refractivity contribution in [3.63, 3.8) is 0 Å². The Morgan fingerprint density at radius 1 is 0.952 bits per heavy atom. The number of para-hydroxylation sites is 1. The molecule has 3 aromatic rings. The summed E-state index contributed by atoms with van der Waals surface area (Å²) in [6.07, 6.45) is 0. The second-order valence-electron chi connectivity index (χ2n) is 4.49.